The molecule has 0 aliphatic rings. The van der Waals surface area contributed by atoms with E-state index >= 15 is 0 Å². The quantitative estimate of drug-likeness (QED) is 0.852. The first-order valence-electron chi connectivity index (χ1n) is 7.17. The van der Waals surface area contributed by atoms with Gasteiger partial charge in [-0.3, -0.25) is 4.90 Å². The number of rotatable bonds is 5. The van der Waals surface area contributed by atoms with Crippen molar-refractivity contribution in [2.45, 2.75) is 33.0 Å². The molecule has 0 amide bonds. The van der Waals surface area contributed by atoms with Crippen molar-refractivity contribution in [1.82, 2.24) is 4.90 Å². The Kier molecular flexibility index (Phi) is 4.97. The number of benzene rings is 2. The van der Waals surface area contributed by atoms with E-state index in [1.165, 1.54) is 0 Å². The van der Waals surface area contributed by atoms with E-state index in [9.17, 15) is 5.26 Å². The Morgan fingerprint density at radius 1 is 1.00 bits per heavy atom. The van der Waals surface area contributed by atoms with Crippen LogP contribution in [0.3, 0.4) is 0 Å². The molecule has 0 atom stereocenters. The molecule has 0 fully saturated rings. The minimum atomic E-state index is 0.372. The van der Waals surface area contributed by atoms with Crippen LogP contribution in [0.5, 0.6) is 0 Å². The van der Waals surface area contributed by atoms with Gasteiger partial charge < -0.3 is 5.73 Å². The predicted molar refractivity (Wildman–Crippen MR) is 86.4 cm³/mol. The van der Waals surface area contributed by atoms with Crippen LogP contribution in [0.25, 0.3) is 0 Å². The SMILES string of the molecule is CC(C)N(Cc1ccccc1N)Cc1ccccc1C#N. The van der Waals surface area contributed by atoms with Gasteiger partial charge in [0.25, 0.3) is 0 Å². The summed E-state index contributed by atoms with van der Waals surface area (Å²) in [5.74, 6) is 0. The monoisotopic (exact) mass is 279 g/mol. The molecule has 21 heavy (non-hydrogen) atoms. The standard InChI is InChI=1S/C18H21N3/c1-14(2)21(13-17-9-5-6-10-18(17)20)12-16-8-4-3-7-15(16)11-19/h3-10,14H,12-13,20H2,1-2H3. The van der Waals surface area contributed by atoms with Crippen LogP contribution in [0.2, 0.25) is 0 Å². The largest absolute Gasteiger partial charge is 0.398 e. The Bertz CT molecular complexity index is 641. The fourth-order valence-corrected chi connectivity index (χ4v) is 2.30. The lowest BCUT2D eigenvalue weighted by Crippen LogP contribution is -2.30. The molecule has 108 valence electrons. The van der Waals surface area contributed by atoms with Gasteiger partial charge in [-0.15, -0.1) is 0 Å². The third-order valence-electron chi connectivity index (χ3n) is 3.67. The van der Waals surface area contributed by atoms with Crippen molar-refractivity contribution in [2.75, 3.05) is 5.73 Å². The average Bonchev–Trinajstić information content (AvgIpc) is 2.49. The average molecular weight is 279 g/mol. The second-order valence-corrected chi connectivity index (χ2v) is 5.47. The highest BCUT2D eigenvalue weighted by Gasteiger charge is 2.14. The highest BCUT2D eigenvalue weighted by atomic mass is 15.1. The van der Waals surface area contributed by atoms with E-state index < -0.39 is 0 Å². The molecular formula is C18H21N3. The van der Waals surface area contributed by atoms with Gasteiger partial charge >= 0.3 is 0 Å². The first-order valence-corrected chi connectivity index (χ1v) is 7.17. The van der Waals surface area contributed by atoms with Crippen LogP contribution in [0.1, 0.15) is 30.5 Å². The predicted octanol–water partition coefficient (Wildman–Crippen LogP) is 3.55. The van der Waals surface area contributed by atoms with E-state index in [1.807, 2.05) is 42.5 Å². The number of para-hydroxylation sites is 1. The zero-order valence-corrected chi connectivity index (χ0v) is 12.6. The van der Waals surface area contributed by atoms with E-state index in [0.717, 1.165) is 35.5 Å². The molecule has 0 saturated heterocycles. The number of nitriles is 1. The molecule has 2 N–H and O–H groups in total. The van der Waals surface area contributed by atoms with Crippen LogP contribution in [0.15, 0.2) is 48.5 Å². The molecule has 0 radical (unpaired) electrons. The zero-order valence-electron chi connectivity index (χ0n) is 12.6. The Morgan fingerprint density at radius 3 is 2.19 bits per heavy atom. The summed E-state index contributed by atoms with van der Waals surface area (Å²) >= 11 is 0. The van der Waals surface area contributed by atoms with E-state index in [1.54, 1.807) is 0 Å². The Hall–Kier alpha value is -2.31. The smallest absolute Gasteiger partial charge is 0.0995 e. The normalized spacial score (nSPS) is 10.8. The molecule has 0 saturated carbocycles. The number of nitrogen functional groups attached to an aromatic ring is 1. The first-order chi connectivity index (χ1) is 10.1. The molecule has 2 rings (SSSR count). The van der Waals surface area contributed by atoms with Crippen LogP contribution in [-0.2, 0) is 13.1 Å². The van der Waals surface area contributed by atoms with Crippen molar-refractivity contribution < 1.29 is 0 Å². The highest BCUT2D eigenvalue weighted by Crippen LogP contribution is 2.19. The van der Waals surface area contributed by atoms with Crippen molar-refractivity contribution in [2.24, 2.45) is 0 Å². The summed E-state index contributed by atoms with van der Waals surface area (Å²) in [4.78, 5) is 2.32. The van der Waals surface area contributed by atoms with Gasteiger partial charge in [0.1, 0.15) is 0 Å². The maximum atomic E-state index is 9.22. The van der Waals surface area contributed by atoms with Crippen LogP contribution < -0.4 is 5.73 Å². The fourth-order valence-electron chi connectivity index (χ4n) is 2.30. The number of anilines is 1. The molecule has 0 bridgehead atoms. The van der Waals surface area contributed by atoms with Gasteiger partial charge in [-0.25, -0.2) is 0 Å². The zero-order chi connectivity index (χ0) is 15.2. The van der Waals surface area contributed by atoms with Crippen molar-refractivity contribution in [3.05, 3.63) is 65.2 Å². The lowest BCUT2D eigenvalue weighted by molar-refractivity contribution is 0.204. The molecule has 3 heteroatoms. The van der Waals surface area contributed by atoms with Gasteiger partial charge in [-0.1, -0.05) is 36.4 Å². The maximum Gasteiger partial charge on any atom is 0.0995 e. The minimum Gasteiger partial charge on any atom is -0.398 e. The number of hydrogen-bond donors (Lipinski definition) is 1. The third-order valence-corrected chi connectivity index (χ3v) is 3.67. The van der Waals surface area contributed by atoms with E-state index in [0.29, 0.717) is 6.04 Å². The topological polar surface area (TPSA) is 53.0 Å². The van der Waals surface area contributed by atoms with Crippen LogP contribution in [-0.4, -0.2) is 10.9 Å². The summed E-state index contributed by atoms with van der Waals surface area (Å²) in [6.45, 7) is 5.85. The summed E-state index contributed by atoms with van der Waals surface area (Å²) in [5, 5.41) is 9.22. The van der Waals surface area contributed by atoms with Gasteiger partial charge in [0, 0.05) is 24.8 Å². The summed E-state index contributed by atoms with van der Waals surface area (Å²) in [6, 6.07) is 18.3. The van der Waals surface area contributed by atoms with Crippen molar-refractivity contribution in [3.63, 3.8) is 0 Å². The lowest BCUT2D eigenvalue weighted by Gasteiger charge is -2.27. The van der Waals surface area contributed by atoms with Crippen LogP contribution in [0, 0.1) is 11.3 Å². The second-order valence-electron chi connectivity index (χ2n) is 5.47. The summed E-state index contributed by atoms with van der Waals surface area (Å²) < 4.78 is 0. The summed E-state index contributed by atoms with van der Waals surface area (Å²) in [7, 11) is 0. The molecule has 0 aliphatic heterocycles. The van der Waals surface area contributed by atoms with Gasteiger partial charge in [-0.2, -0.15) is 5.26 Å². The molecule has 0 unspecified atom stereocenters. The first kappa shape index (κ1) is 15.1. The minimum absolute atomic E-state index is 0.372. The van der Waals surface area contributed by atoms with E-state index in [-0.39, 0.29) is 0 Å². The van der Waals surface area contributed by atoms with Gasteiger partial charge in [0.2, 0.25) is 0 Å². The molecular weight excluding hydrogens is 258 g/mol. The number of hydrogen-bond acceptors (Lipinski definition) is 3. The number of nitrogens with zero attached hydrogens (tertiary/aromatic N) is 2. The molecule has 2 aromatic carbocycles. The molecule has 0 spiro atoms. The Labute approximate surface area is 126 Å². The molecule has 0 heterocycles. The maximum absolute atomic E-state index is 9.22. The highest BCUT2D eigenvalue weighted by molar-refractivity contribution is 5.46. The van der Waals surface area contributed by atoms with Crippen LogP contribution >= 0.6 is 0 Å². The molecule has 0 aromatic heterocycles. The summed E-state index contributed by atoms with van der Waals surface area (Å²) in [5.41, 5.74) is 9.78. The second kappa shape index (κ2) is 6.92. The Morgan fingerprint density at radius 2 is 1.57 bits per heavy atom. The molecule has 0 aliphatic carbocycles. The van der Waals surface area contributed by atoms with Crippen molar-refractivity contribution in [3.8, 4) is 6.07 Å². The lowest BCUT2D eigenvalue weighted by atomic mass is 10.1. The summed E-state index contributed by atoms with van der Waals surface area (Å²) in [6.07, 6.45) is 0. The van der Waals surface area contributed by atoms with Gasteiger partial charge in [0.05, 0.1) is 11.6 Å². The van der Waals surface area contributed by atoms with Crippen molar-refractivity contribution >= 4 is 5.69 Å². The van der Waals surface area contributed by atoms with Gasteiger partial charge in [-0.05, 0) is 37.1 Å². The van der Waals surface area contributed by atoms with E-state index in [4.69, 9.17) is 5.73 Å². The number of nitrogens with two attached hydrogens (primary N) is 1. The third kappa shape index (κ3) is 3.84. The van der Waals surface area contributed by atoms with Gasteiger partial charge in [0.15, 0.2) is 0 Å². The van der Waals surface area contributed by atoms with Crippen molar-refractivity contribution in [1.29, 1.82) is 5.26 Å². The van der Waals surface area contributed by atoms with E-state index in [2.05, 4.69) is 30.9 Å². The Balaban J connectivity index is 2.21. The molecule has 2 aromatic rings. The molecule has 3 nitrogen and oxygen atoms in total. The van der Waals surface area contributed by atoms with Crippen LogP contribution in [0.4, 0.5) is 5.69 Å². The fraction of sp³-hybridized carbons (Fsp3) is 0.278.